The van der Waals surface area contributed by atoms with Gasteiger partial charge in [0, 0.05) is 39.1 Å². The molecule has 5 nitrogen and oxygen atoms in total. The quantitative estimate of drug-likeness (QED) is 0.743. The number of nitrogens with zero attached hydrogens (tertiary/aromatic N) is 1. The number of nitrogens with one attached hydrogen (secondary N) is 2. The highest BCUT2D eigenvalue weighted by molar-refractivity contribution is 9.10. The van der Waals surface area contributed by atoms with Crippen molar-refractivity contribution >= 4 is 50.9 Å². The van der Waals surface area contributed by atoms with E-state index >= 15 is 0 Å². The Bertz CT molecular complexity index is 952. The first-order valence-corrected chi connectivity index (χ1v) is 10.9. The Morgan fingerprint density at radius 3 is 2.96 bits per heavy atom. The number of hydrogen-bond acceptors (Lipinski definition) is 4. The second kappa shape index (κ2) is 6.36. The van der Waals surface area contributed by atoms with Gasteiger partial charge in [-0.1, -0.05) is 40.2 Å². The predicted octanol–water partition coefficient (Wildman–Crippen LogP) is 3.63. The number of hydrogen-bond donors (Lipinski definition) is 2. The number of amides is 2. The first kappa shape index (κ1) is 17.3. The Kier molecular flexibility index (Phi) is 4.07. The van der Waals surface area contributed by atoms with Crippen LogP contribution in [0.1, 0.15) is 12.0 Å². The van der Waals surface area contributed by atoms with Gasteiger partial charge in [0.1, 0.15) is 5.54 Å². The molecule has 2 saturated heterocycles. The molecule has 3 aliphatic rings. The van der Waals surface area contributed by atoms with Crippen molar-refractivity contribution in [2.24, 2.45) is 5.92 Å². The SMILES string of the molecule is O=C(Nc1cccc(Br)c1)[C@@H]1C[C@@H]2CSCN2[C@@]12C(=O)Nc1ccccc12. The molecule has 0 saturated carbocycles. The van der Waals surface area contributed by atoms with Gasteiger partial charge in [-0.3, -0.25) is 14.5 Å². The monoisotopic (exact) mass is 443 g/mol. The number of halogens is 1. The predicted molar refractivity (Wildman–Crippen MR) is 111 cm³/mol. The molecule has 2 fully saturated rings. The summed E-state index contributed by atoms with van der Waals surface area (Å²) >= 11 is 5.27. The van der Waals surface area contributed by atoms with Crippen LogP contribution in [-0.2, 0) is 15.1 Å². The topological polar surface area (TPSA) is 61.4 Å². The molecule has 3 atom stereocenters. The molecule has 0 bridgehead atoms. The first-order valence-electron chi connectivity index (χ1n) is 8.92. The van der Waals surface area contributed by atoms with Crippen LogP contribution < -0.4 is 10.6 Å². The van der Waals surface area contributed by atoms with Gasteiger partial charge in [-0.25, -0.2) is 0 Å². The van der Waals surface area contributed by atoms with Crippen LogP contribution in [0.5, 0.6) is 0 Å². The van der Waals surface area contributed by atoms with Gasteiger partial charge in [-0.2, -0.15) is 0 Å². The standard InChI is InChI=1S/C20H18BrN3O2S/c21-12-4-3-5-13(8-12)22-18(25)16-9-14-10-27-11-24(14)20(16)15-6-1-2-7-17(15)23-19(20)26/h1-8,14,16H,9-11H2,(H,22,25)(H,23,26)/t14-,16+,20-/m1/s1. The minimum atomic E-state index is -0.916. The summed E-state index contributed by atoms with van der Waals surface area (Å²) in [6.07, 6.45) is 0.689. The number of carbonyl (C=O) groups is 2. The van der Waals surface area contributed by atoms with Gasteiger partial charge >= 0.3 is 0 Å². The molecule has 1 spiro atoms. The van der Waals surface area contributed by atoms with Gasteiger partial charge in [-0.15, -0.1) is 11.8 Å². The van der Waals surface area contributed by atoms with Crippen LogP contribution in [0.4, 0.5) is 11.4 Å². The summed E-state index contributed by atoms with van der Waals surface area (Å²) in [6, 6.07) is 15.5. The summed E-state index contributed by atoms with van der Waals surface area (Å²) in [5.74, 6) is 1.12. The molecule has 0 unspecified atom stereocenters. The highest BCUT2D eigenvalue weighted by Crippen LogP contribution is 2.55. The lowest BCUT2D eigenvalue weighted by Gasteiger charge is -2.36. The zero-order chi connectivity index (χ0) is 18.6. The molecule has 2 aromatic rings. The Morgan fingerprint density at radius 2 is 2.11 bits per heavy atom. The Labute approximate surface area is 170 Å². The molecule has 27 heavy (non-hydrogen) atoms. The molecule has 2 aromatic carbocycles. The van der Waals surface area contributed by atoms with E-state index in [-0.39, 0.29) is 17.9 Å². The number of para-hydroxylation sites is 1. The lowest BCUT2D eigenvalue weighted by Crippen LogP contribution is -2.53. The third-order valence-corrected chi connectivity index (χ3v) is 7.36. The van der Waals surface area contributed by atoms with E-state index < -0.39 is 11.5 Å². The summed E-state index contributed by atoms with van der Waals surface area (Å²) in [5.41, 5.74) is 1.56. The van der Waals surface area contributed by atoms with Gasteiger partial charge in [-0.05, 0) is 30.7 Å². The molecule has 0 aromatic heterocycles. The van der Waals surface area contributed by atoms with Gasteiger partial charge in [0.25, 0.3) is 0 Å². The van der Waals surface area contributed by atoms with Crippen LogP contribution in [0.2, 0.25) is 0 Å². The summed E-state index contributed by atoms with van der Waals surface area (Å²) in [5, 5.41) is 6.06. The Morgan fingerprint density at radius 1 is 1.26 bits per heavy atom. The number of benzene rings is 2. The van der Waals surface area contributed by atoms with E-state index in [1.165, 1.54) is 0 Å². The van der Waals surface area contributed by atoms with E-state index in [9.17, 15) is 9.59 Å². The normalized spacial score (nSPS) is 28.9. The van der Waals surface area contributed by atoms with Crippen LogP contribution in [0.15, 0.2) is 53.0 Å². The highest BCUT2D eigenvalue weighted by Gasteiger charge is 2.65. The average molecular weight is 444 g/mol. The number of fused-ring (bicyclic) bond motifs is 4. The minimum absolute atomic E-state index is 0.0805. The number of rotatable bonds is 2. The van der Waals surface area contributed by atoms with Crippen LogP contribution >= 0.6 is 27.7 Å². The van der Waals surface area contributed by atoms with Crippen molar-refractivity contribution in [2.75, 3.05) is 22.3 Å². The van der Waals surface area contributed by atoms with Crippen molar-refractivity contribution in [2.45, 2.75) is 18.0 Å². The second-order valence-electron chi connectivity index (χ2n) is 7.18. The molecule has 3 aliphatic heterocycles. The van der Waals surface area contributed by atoms with Crippen molar-refractivity contribution in [3.63, 3.8) is 0 Å². The molecule has 5 rings (SSSR count). The van der Waals surface area contributed by atoms with E-state index in [1.54, 1.807) is 0 Å². The lowest BCUT2D eigenvalue weighted by molar-refractivity contribution is -0.134. The molecule has 138 valence electrons. The maximum Gasteiger partial charge on any atom is 0.250 e. The molecule has 7 heteroatoms. The van der Waals surface area contributed by atoms with E-state index in [1.807, 2.05) is 60.3 Å². The van der Waals surface area contributed by atoms with Crippen molar-refractivity contribution in [3.8, 4) is 0 Å². The van der Waals surface area contributed by atoms with E-state index in [2.05, 4.69) is 31.5 Å². The number of anilines is 2. The fourth-order valence-corrected chi connectivity index (χ4v) is 6.40. The molecule has 0 radical (unpaired) electrons. The maximum atomic E-state index is 13.3. The van der Waals surface area contributed by atoms with E-state index in [0.29, 0.717) is 6.42 Å². The fourth-order valence-electron chi connectivity index (χ4n) is 4.70. The van der Waals surface area contributed by atoms with Crippen LogP contribution in [-0.4, -0.2) is 34.4 Å². The Hall–Kier alpha value is -1.83. The average Bonchev–Trinajstić information content (AvgIpc) is 3.30. The van der Waals surface area contributed by atoms with Crippen molar-refractivity contribution in [1.29, 1.82) is 0 Å². The third kappa shape index (κ3) is 2.48. The van der Waals surface area contributed by atoms with E-state index in [0.717, 1.165) is 33.0 Å². The van der Waals surface area contributed by atoms with Crippen molar-refractivity contribution < 1.29 is 9.59 Å². The molecule has 3 heterocycles. The molecule has 2 amide bonds. The molecule has 0 aliphatic carbocycles. The van der Waals surface area contributed by atoms with Crippen LogP contribution in [0, 0.1) is 5.92 Å². The Balaban J connectivity index is 1.57. The molecular weight excluding hydrogens is 426 g/mol. The summed E-state index contributed by atoms with van der Waals surface area (Å²) in [4.78, 5) is 28.8. The fraction of sp³-hybridized carbons (Fsp3) is 0.300. The molecular formula is C20H18BrN3O2S. The minimum Gasteiger partial charge on any atom is -0.326 e. The van der Waals surface area contributed by atoms with Gasteiger partial charge < -0.3 is 10.6 Å². The summed E-state index contributed by atoms with van der Waals surface area (Å²) in [7, 11) is 0. The third-order valence-electron chi connectivity index (χ3n) is 5.79. The summed E-state index contributed by atoms with van der Waals surface area (Å²) < 4.78 is 0.905. The van der Waals surface area contributed by atoms with Gasteiger partial charge in [0.2, 0.25) is 11.8 Å². The largest absolute Gasteiger partial charge is 0.326 e. The number of carbonyl (C=O) groups excluding carboxylic acids is 2. The first-order chi connectivity index (χ1) is 13.1. The van der Waals surface area contributed by atoms with Gasteiger partial charge in [0.05, 0.1) is 5.92 Å². The van der Waals surface area contributed by atoms with Crippen molar-refractivity contribution in [3.05, 3.63) is 58.6 Å². The zero-order valence-electron chi connectivity index (χ0n) is 14.4. The van der Waals surface area contributed by atoms with E-state index in [4.69, 9.17) is 0 Å². The number of thioether (sulfide) groups is 1. The highest BCUT2D eigenvalue weighted by atomic mass is 79.9. The van der Waals surface area contributed by atoms with Crippen LogP contribution in [0.3, 0.4) is 0 Å². The van der Waals surface area contributed by atoms with Gasteiger partial charge in [0.15, 0.2) is 0 Å². The maximum absolute atomic E-state index is 13.3. The second-order valence-corrected chi connectivity index (χ2v) is 9.09. The zero-order valence-corrected chi connectivity index (χ0v) is 16.8. The van der Waals surface area contributed by atoms with Crippen LogP contribution in [0.25, 0.3) is 0 Å². The molecule has 2 N–H and O–H groups in total. The van der Waals surface area contributed by atoms with Crippen molar-refractivity contribution in [1.82, 2.24) is 4.90 Å². The smallest absolute Gasteiger partial charge is 0.250 e. The summed E-state index contributed by atoms with van der Waals surface area (Å²) in [6.45, 7) is 0. The lowest BCUT2D eigenvalue weighted by atomic mass is 9.79.